The highest BCUT2D eigenvalue weighted by Crippen LogP contribution is 2.24. The Morgan fingerprint density at radius 3 is 2.33 bits per heavy atom. The fourth-order valence-corrected chi connectivity index (χ4v) is 2.69. The summed E-state index contributed by atoms with van der Waals surface area (Å²) < 4.78 is 1.56. The molecule has 0 aliphatic heterocycles. The van der Waals surface area contributed by atoms with Crippen LogP contribution < -0.4 is 4.48 Å². The van der Waals surface area contributed by atoms with Gasteiger partial charge in [0.25, 0.3) is 0 Å². The number of benzene rings is 2. The van der Waals surface area contributed by atoms with Crippen LogP contribution in [0.2, 0.25) is 0 Å². The van der Waals surface area contributed by atoms with Crippen LogP contribution in [0.15, 0.2) is 42.5 Å². The Morgan fingerprint density at radius 1 is 1.10 bits per heavy atom. The summed E-state index contributed by atoms with van der Waals surface area (Å²) in [5, 5.41) is 9.33. The summed E-state index contributed by atoms with van der Waals surface area (Å²) in [6, 6.07) is 15.0. The normalized spacial score (nSPS) is 11.0. The molecule has 2 aromatic rings. The minimum Gasteiger partial charge on any atom is -0.297 e. The third kappa shape index (κ3) is 3.49. The molecular weight excluding hydrogens is 375 g/mol. The monoisotopic (exact) mass is 391 g/mol. The van der Waals surface area contributed by atoms with Gasteiger partial charge in [0, 0.05) is 20.8 Å². The summed E-state index contributed by atoms with van der Waals surface area (Å²) in [7, 11) is 5.99. The number of carbonyl (C=O) groups is 1. The molecular formula is C17H16IN2O+. The Kier molecular flexibility index (Phi) is 4.45. The maximum absolute atomic E-state index is 12.5. The van der Waals surface area contributed by atoms with Crippen molar-refractivity contribution in [3.05, 3.63) is 62.7 Å². The minimum absolute atomic E-state index is 0.0574. The number of nitriles is 1. The van der Waals surface area contributed by atoms with E-state index in [2.05, 4.69) is 28.7 Å². The van der Waals surface area contributed by atoms with Gasteiger partial charge >= 0.3 is 0 Å². The molecule has 3 nitrogen and oxygen atoms in total. The summed E-state index contributed by atoms with van der Waals surface area (Å²) >= 11 is 2.18. The number of halogens is 1. The molecule has 0 spiro atoms. The summed E-state index contributed by atoms with van der Waals surface area (Å²) in [5.74, 6) is -0.0574. The smallest absolute Gasteiger partial charge is 0.193 e. The van der Waals surface area contributed by atoms with Crippen molar-refractivity contribution in [1.29, 1.82) is 5.26 Å². The molecule has 0 aliphatic rings. The molecule has 0 amide bonds. The summed E-state index contributed by atoms with van der Waals surface area (Å²) in [4.78, 5) is 12.5. The first kappa shape index (κ1) is 15.7. The predicted molar refractivity (Wildman–Crippen MR) is 93.3 cm³/mol. The average molecular weight is 391 g/mol. The third-order valence-electron chi connectivity index (χ3n) is 3.19. The van der Waals surface area contributed by atoms with E-state index in [1.54, 1.807) is 18.2 Å². The van der Waals surface area contributed by atoms with Crippen LogP contribution in [0.3, 0.4) is 0 Å². The fourth-order valence-electron chi connectivity index (χ4n) is 2.15. The largest absolute Gasteiger partial charge is 0.297 e. The van der Waals surface area contributed by atoms with Gasteiger partial charge in [0.15, 0.2) is 5.78 Å². The SMILES string of the molecule is C[N+](C)(C)c1ccc(C(=O)c2cccc(I)c2)cc1C#N. The number of quaternary nitrogens is 1. The molecule has 21 heavy (non-hydrogen) atoms. The maximum atomic E-state index is 12.5. The molecule has 0 atom stereocenters. The molecule has 0 saturated carbocycles. The van der Waals surface area contributed by atoms with E-state index in [1.165, 1.54) is 0 Å². The molecule has 0 bridgehead atoms. The molecule has 2 rings (SSSR count). The number of ketones is 1. The van der Waals surface area contributed by atoms with Gasteiger partial charge in [0.2, 0.25) is 0 Å². The van der Waals surface area contributed by atoms with Crippen molar-refractivity contribution in [3.63, 3.8) is 0 Å². The number of carbonyl (C=O) groups excluding carboxylic acids is 1. The van der Waals surface area contributed by atoms with E-state index in [1.807, 2.05) is 45.4 Å². The second-order valence-electron chi connectivity index (χ2n) is 5.70. The number of hydrogen-bond donors (Lipinski definition) is 0. The zero-order chi connectivity index (χ0) is 15.6. The van der Waals surface area contributed by atoms with E-state index in [0.29, 0.717) is 21.2 Å². The van der Waals surface area contributed by atoms with Gasteiger partial charge in [-0.15, -0.1) is 0 Å². The first-order chi connectivity index (χ1) is 9.82. The van der Waals surface area contributed by atoms with Crippen molar-refractivity contribution in [3.8, 4) is 6.07 Å². The number of rotatable bonds is 3. The van der Waals surface area contributed by atoms with Crippen LogP contribution in [0.4, 0.5) is 5.69 Å². The highest BCUT2D eigenvalue weighted by atomic mass is 127. The van der Waals surface area contributed by atoms with E-state index >= 15 is 0 Å². The predicted octanol–water partition coefficient (Wildman–Crippen LogP) is 3.59. The van der Waals surface area contributed by atoms with Crippen LogP contribution in [0.5, 0.6) is 0 Å². The van der Waals surface area contributed by atoms with Crippen LogP contribution in [0, 0.1) is 14.9 Å². The molecule has 106 valence electrons. The minimum atomic E-state index is -0.0574. The Morgan fingerprint density at radius 2 is 1.76 bits per heavy atom. The van der Waals surface area contributed by atoms with Gasteiger partial charge in [-0.1, -0.05) is 12.1 Å². The molecule has 0 heterocycles. The van der Waals surface area contributed by atoms with E-state index in [9.17, 15) is 10.1 Å². The second-order valence-corrected chi connectivity index (χ2v) is 6.94. The number of hydrogen-bond acceptors (Lipinski definition) is 2. The van der Waals surface area contributed by atoms with Gasteiger partial charge in [-0.3, -0.25) is 9.28 Å². The molecule has 2 aromatic carbocycles. The van der Waals surface area contributed by atoms with Crippen molar-refractivity contribution in [2.24, 2.45) is 0 Å². The lowest BCUT2D eigenvalue weighted by Crippen LogP contribution is -2.35. The molecule has 0 saturated heterocycles. The summed E-state index contributed by atoms with van der Waals surface area (Å²) in [5.41, 5.74) is 2.63. The van der Waals surface area contributed by atoms with Crippen molar-refractivity contribution < 1.29 is 4.79 Å². The van der Waals surface area contributed by atoms with E-state index < -0.39 is 0 Å². The highest BCUT2D eigenvalue weighted by Gasteiger charge is 2.20. The van der Waals surface area contributed by atoms with Crippen LogP contribution in [0.1, 0.15) is 21.5 Å². The topological polar surface area (TPSA) is 40.9 Å². The zero-order valence-corrected chi connectivity index (χ0v) is 14.4. The van der Waals surface area contributed by atoms with E-state index in [-0.39, 0.29) is 5.78 Å². The Labute approximate surface area is 138 Å². The second kappa shape index (κ2) is 5.96. The van der Waals surface area contributed by atoms with Crippen LogP contribution >= 0.6 is 22.6 Å². The van der Waals surface area contributed by atoms with Crippen molar-refractivity contribution in [2.75, 3.05) is 21.1 Å². The highest BCUT2D eigenvalue weighted by molar-refractivity contribution is 14.1. The van der Waals surface area contributed by atoms with Gasteiger partial charge in [-0.25, -0.2) is 0 Å². The van der Waals surface area contributed by atoms with Gasteiger partial charge < -0.3 is 0 Å². The van der Waals surface area contributed by atoms with Gasteiger partial charge in [-0.05, 0) is 46.9 Å². The molecule has 0 aromatic heterocycles. The molecule has 4 heteroatoms. The molecule has 0 fully saturated rings. The quantitative estimate of drug-likeness (QED) is 0.456. The standard InChI is InChI=1S/C17H16IN2O/c1-20(2,3)16-8-7-13(9-14(16)11-19)17(21)12-5-4-6-15(18)10-12/h4-10H,1-3H3/q+1. The lowest BCUT2D eigenvalue weighted by Gasteiger charge is -2.24. The van der Waals surface area contributed by atoms with Crippen molar-refractivity contribution in [2.45, 2.75) is 0 Å². The van der Waals surface area contributed by atoms with Crippen LogP contribution in [-0.2, 0) is 0 Å². The molecule has 0 unspecified atom stereocenters. The molecule has 0 radical (unpaired) electrons. The van der Waals surface area contributed by atoms with E-state index in [4.69, 9.17) is 0 Å². The number of nitrogens with zero attached hydrogens (tertiary/aromatic N) is 2. The van der Waals surface area contributed by atoms with Gasteiger partial charge in [0.1, 0.15) is 17.3 Å². The summed E-state index contributed by atoms with van der Waals surface area (Å²) in [6.45, 7) is 0. The Balaban J connectivity index is 2.47. The molecule has 0 aliphatic carbocycles. The fraction of sp³-hybridized carbons (Fsp3) is 0.176. The van der Waals surface area contributed by atoms with Gasteiger partial charge in [-0.2, -0.15) is 5.26 Å². The maximum Gasteiger partial charge on any atom is 0.193 e. The van der Waals surface area contributed by atoms with E-state index in [0.717, 1.165) is 9.26 Å². The molecule has 0 N–H and O–H groups in total. The lowest BCUT2D eigenvalue weighted by molar-refractivity contribution is 0.103. The zero-order valence-electron chi connectivity index (χ0n) is 12.2. The third-order valence-corrected chi connectivity index (χ3v) is 3.86. The Hall–Kier alpha value is -1.71. The summed E-state index contributed by atoms with van der Waals surface area (Å²) in [6.07, 6.45) is 0. The van der Waals surface area contributed by atoms with Crippen molar-refractivity contribution >= 4 is 34.1 Å². The lowest BCUT2D eigenvalue weighted by atomic mass is 10.00. The van der Waals surface area contributed by atoms with Crippen LogP contribution in [-0.4, -0.2) is 26.9 Å². The first-order valence-electron chi connectivity index (χ1n) is 6.49. The van der Waals surface area contributed by atoms with Crippen molar-refractivity contribution in [1.82, 2.24) is 4.48 Å². The average Bonchev–Trinajstić information content (AvgIpc) is 2.44. The Bertz CT molecular complexity index is 739. The first-order valence-corrected chi connectivity index (χ1v) is 7.57. The van der Waals surface area contributed by atoms with Crippen LogP contribution in [0.25, 0.3) is 0 Å². The van der Waals surface area contributed by atoms with Gasteiger partial charge in [0.05, 0.1) is 21.1 Å².